The van der Waals surface area contributed by atoms with E-state index >= 15 is 0 Å². The van der Waals surface area contributed by atoms with Gasteiger partial charge in [-0.15, -0.1) is 0 Å². The van der Waals surface area contributed by atoms with Crippen molar-refractivity contribution in [3.8, 4) is 5.75 Å². The zero-order valence-corrected chi connectivity index (χ0v) is 11.4. The normalized spacial score (nSPS) is 22.7. The summed E-state index contributed by atoms with van der Waals surface area (Å²) >= 11 is 0. The van der Waals surface area contributed by atoms with Crippen molar-refractivity contribution in [1.82, 2.24) is 4.90 Å². The van der Waals surface area contributed by atoms with Crippen LogP contribution in [0.2, 0.25) is 0 Å². The van der Waals surface area contributed by atoms with Gasteiger partial charge in [0.15, 0.2) is 0 Å². The summed E-state index contributed by atoms with van der Waals surface area (Å²) < 4.78 is 5.42. The van der Waals surface area contributed by atoms with E-state index in [-0.39, 0.29) is 6.04 Å². The van der Waals surface area contributed by atoms with E-state index in [4.69, 9.17) is 10.5 Å². The third-order valence-electron chi connectivity index (χ3n) is 3.84. The SMILES string of the molecule is COc1ccccc1CN1CCCCC1C(C)N. The lowest BCUT2D eigenvalue weighted by atomic mass is 9.96. The van der Waals surface area contributed by atoms with Crippen LogP contribution in [-0.2, 0) is 6.54 Å². The molecule has 2 rings (SSSR count). The summed E-state index contributed by atoms with van der Waals surface area (Å²) in [7, 11) is 1.73. The molecule has 1 heterocycles. The molecule has 1 aliphatic heterocycles. The van der Waals surface area contributed by atoms with Gasteiger partial charge in [-0.1, -0.05) is 24.6 Å². The van der Waals surface area contributed by atoms with Crippen LogP contribution in [0.5, 0.6) is 5.75 Å². The van der Waals surface area contributed by atoms with Gasteiger partial charge in [-0.3, -0.25) is 4.90 Å². The second-order valence-corrected chi connectivity index (χ2v) is 5.20. The first kappa shape index (κ1) is 13.4. The first-order valence-electron chi connectivity index (χ1n) is 6.84. The second-order valence-electron chi connectivity index (χ2n) is 5.20. The van der Waals surface area contributed by atoms with E-state index in [0.717, 1.165) is 18.8 Å². The maximum absolute atomic E-state index is 6.11. The molecule has 2 unspecified atom stereocenters. The van der Waals surface area contributed by atoms with Gasteiger partial charge in [0.25, 0.3) is 0 Å². The van der Waals surface area contributed by atoms with E-state index in [2.05, 4.69) is 24.0 Å². The lowest BCUT2D eigenvalue weighted by molar-refractivity contribution is 0.122. The number of ether oxygens (including phenoxy) is 1. The molecule has 0 spiro atoms. The zero-order chi connectivity index (χ0) is 13.0. The number of piperidine rings is 1. The van der Waals surface area contributed by atoms with Crippen molar-refractivity contribution < 1.29 is 4.74 Å². The van der Waals surface area contributed by atoms with Gasteiger partial charge in [0.05, 0.1) is 7.11 Å². The number of rotatable bonds is 4. The Labute approximate surface area is 110 Å². The highest BCUT2D eigenvalue weighted by atomic mass is 16.5. The summed E-state index contributed by atoms with van der Waals surface area (Å²) in [5.74, 6) is 0.978. The van der Waals surface area contributed by atoms with Crippen LogP contribution in [0, 0.1) is 0 Å². The fourth-order valence-electron chi connectivity index (χ4n) is 2.86. The number of hydrogen-bond acceptors (Lipinski definition) is 3. The molecule has 0 amide bonds. The van der Waals surface area contributed by atoms with E-state index in [9.17, 15) is 0 Å². The summed E-state index contributed by atoms with van der Waals surface area (Å²) in [6.07, 6.45) is 3.79. The molecule has 0 radical (unpaired) electrons. The average molecular weight is 248 g/mol. The lowest BCUT2D eigenvalue weighted by Crippen LogP contribution is -2.48. The molecule has 3 heteroatoms. The number of nitrogens with two attached hydrogens (primary N) is 1. The summed E-state index contributed by atoms with van der Waals surface area (Å²) in [6.45, 7) is 4.20. The molecule has 0 aromatic heterocycles. The number of methoxy groups -OCH3 is 1. The number of hydrogen-bond donors (Lipinski definition) is 1. The molecule has 1 saturated heterocycles. The van der Waals surface area contributed by atoms with Crippen molar-refractivity contribution in [1.29, 1.82) is 0 Å². The van der Waals surface area contributed by atoms with Crippen LogP contribution in [0.25, 0.3) is 0 Å². The Morgan fingerprint density at radius 3 is 2.89 bits per heavy atom. The van der Waals surface area contributed by atoms with E-state index in [1.807, 2.05) is 12.1 Å². The predicted molar refractivity (Wildman–Crippen MR) is 74.7 cm³/mol. The van der Waals surface area contributed by atoms with Gasteiger partial charge in [0.2, 0.25) is 0 Å². The molecular formula is C15H24N2O. The van der Waals surface area contributed by atoms with Crippen LogP contribution in [-0.4, -0.2) is 30.6 Å². The molecule has 3 nitrogen and oxygen atoms in total. The van der Waals surface area contributed by atoms with Crippen molar-refractivity contribution in [3.63, 3.8) is 0 Å². The first-order chi connectivity index (χ1) is 8.72. The van der Waals surface area contributed by atoms with Gasteiger partial charge >= 0.3 is 0 Å². The highest BCUT2D eigenvalue weighted by molar-refractivity contribution is 5.33. The molecule has 0 aliphatic carbocycles. The van der Waals surface area contributed by atoms with Gasteiger partial charge in [0.1, 0.15) is 5.75 Å². The Morgan fingerprint density at radius 1 is 1.39 bits per heavy atom. The van der Waals surface area contributed by atoms with Crippen LogP contribution < -0.4 is 10.5 Å². The Kier molecular flexibility index (Phi) is 4.61. The minimum Gasteiger partial charge on any atom is -0.496 e. The van der Waals surface area contributed by atoms with E-state index in [1.165, 1.54) is 24.8 Å². The van der Waals surface area contributed by atoms with Crippen LogP contribution in [0.3, 0.4) is 0 Å². The molecule has 2 N–H and O–H groups in total. The Morgan fingerprint density at radius 2 is 2.17 bits per heavy atom. The molecule has 100 valence electrons. The number of para-hydroxylation sites is 1. The molecule has 1 fully saturated rings. The van der Waals surface area contributed by atoms with Crippen molar-refractivity contribution >= 4 is 0 Å². The Hall–Kier alpha value is -1.06. The fourth-order valence-corrected chi connectivity index (χ4v) is 2.86. The standard InChI is InChI=1S/C15H24N2O/c1-12(16)14-8-5-6-10-17(14)11-13-7-3-4-9-15(13)18-2/h3-4,7,9,12,14H,5-6,8,10-11,16H2,1-2H3. The quantitative estimate of drug-likeness (QED) is 0.889. The molecule has 1 aliphatic rings. The highest BCUT2D eigenvalue weighted by Crippen LogP contribution is 2.25. The van der Waals surface area contributed by atoms with Gasteiger partial charge in [-0.05, 0) is 32.4 Å². The lowest BCUT2D eigenvalue weighted by Gasteiger charge is -2.38. The maximum Gasteiger partial charge on any atom is 0.123 e. The fraction of sp³-hybridized carbons (Fsp3) is 0.600. The molecule has 18 heavy (non-hydrogen) atoms. The number of likely N-dealkylation sites (tertiary alicyclic amines) is 1. The van der Waals surface area contributed by atoms with Crippen molar-refractivity contribution in [2.75, 3.05) is 13.7 Å². The minimum absolute atomic E-state index is 0.236. The van der Waals surface area contributed by atoms with Gasteiger partial charge in [-0.25, -0.2) is 0 Å². The third-order valence-corrected chi connectivity index (χ3v) is 3.84. The van der Waals surface area contributed by atoms with E-state index in [1.54, 1.807) is 7.11 Å². The van der Waals surface area contributed by atoms with Crippen molar-refractivity contribution in [3.05, 3.63) is 29.8 Å². The smallest absolute Gasteiger partial charge is 0.123 e. The van der Waals surface area contributed by atoms with Gasteiger partial charge < -0.3 is 10.5 Å². The van der Waals surface area contributed by atoms with Crippen molar-refractivity contribution in [2.45, 2.75) is 44.8 Å². The number of benzene rings is 1. The molecule has 2 atom stereocenters. The summed E-state index contributed by atoms with van der Waals surface area (Å²) in [6, 6.07) is 9.00. The molecule has 1 aromatic carbocycles. The zero-order valence-electron chi connectivity index (χ0n) is 11.4. The third kappa shape index (κ3) is 3.03. The minimum atomic E-state index is 0.236. The van der Waals surface area contributed by atoms with Crippen molar-refractivity contribution in [2.24, 2.45) is 5.73 Å². The monoisotopic (exact) mass is 248 g/mol. The van der Waals surface area contributed by atoms with E-state index < -0.39 is 0 Å². The second kappa shape index (κ2) is 6.21. The Balaban J connectivity index is 2.11. The molecular weight excluding hydrogens is 224 g/mol. The van der Waals surface area contributed by atoms with Crippen LogP contribution in [0.1, 0.15) is 31.7 Å². The summed E-state index contributed by atoms with van der Waals surface area (Å²) in [5, 5.41) is 0. The largest absolute Gasteiger partial charge is 0.496 e. The average Bonchev–Trinajstić information content (AvgIpc) is 2.40. The molecule has 0 saturated carbocycles. The van der Waals surface area contributed by atoms with Crippen LogP contribution >= 0.6 is 0 Å². The highest BCUT2D eigenvalue weighted by Gasteiger charge is 2.25. The Bertz CT molecular complexity index is 379. The predicted octanol–water partition coefficient (Wildman–Crippen LogP) is 2.40. The van der Waals surface area contributed by atoms with Gasteiger partial charge in [-0.2, -0.15) is 0 Å². The number of nitrogens with zero attached hydrogens (tertiary/aromatic N) is 1. The summed E-state index contributed by atoms with van der Waals surface area (Å²) in [5.41, 5.74) is 7.37. The maximum atomic E-state index is 6.11. The topological polar surface area (TPSA) is 38.5 Å². The molecule has 1 aromatic rings. The van der Waals surface area contributed by atoms with Crippen LogP contribution in [0.15, 0.2) is 24.3 Å². The van der Waals surface area contributed by atoms with Gasteiger partial charge in [0, 0.05) is 24.2 Å². The summed E-state index contributed by atoms with van der Waals surface area (Å²) in [4.78, 5) is 2.51. The van der Waals surface area contributed by atoms with Crippen LogP contribution in [0.4, 0.5) is 0 Å². The van der Waals surface area contributed by atoms with E-state index in [0.29, 0.717) is 6.04 Å². The first-order valence-corrected chi connectivity index (χ1v) is 6.84. The molecule has 0 bridgehead atoms.